The molecule has 0 saturated carbocycles. The third-order valence-electron chi connectivity index (χ3n) is 8.01. The Kier molecular flexibility index (Phi) is 6.99. The second-order valence-corrected chi connectivity index (χ2v) is 10.7. The summed E-state index contributed by atoms with van der Waals surface area (Å²) in [5, 5.41) is 2.70. The lowest BCUT2D eigenvalue weighted by molar-refractivity contribution is -0.0257. The van der Waals surface area contributed by atoms with Crippen molar-refractivity contribution in [1.82, 2.24) is 14.8 Å². The van der Waals surface area contributed by atoms with Crippen LogP contribution in [0.5, 0.6) is 0 Å². The minimum Gasteiger partial charge on any atom is -0.370 e. The maximum Gasteiger partial charge on any atom is 0.275 e. The first-order chi connectivity index (χ1) is 19.3. The van der Waals surface area contributed by atoms with Gasteiger partial charge in [0.15, 0.2) is 0 Å². The van der Waals surface area contributed by atoms with Gasteiger partial charge in [-0.3, -0.25) is 14.7 Å². The Hall–Kier alpha value is -3.87. The SMILES string of the molecule is CN1CCN([C@H]2CC(F)(F)c3cc(NC(=O)c4ccc(F)c(C#Cc5cncc(N6CCC6)c5)c4)ccc32)CC1. The number of amides is 1. The summed E-state index contributed by atoms with van der Waals surface area (Å²) in [4.78, 5) is 23.7. The number of nitrogens with one attached hydrogen (secondary N) is 1. The van der Waals surface area contributed by atoms with Crippen molar-refractivity contribution in [2.24, 2.45) is 0 Å². The lowest BCUT2D eigenvalue weighted by Gasteiger charge is -2.36. The number of likely N-dealkylation sites (N-methyl/N-ethyl adjacent to an activating group) is 1. The third kappa shape index (κ3) is 5.29. The minimum absolute atomic E-state index is 0.0473. The van der Waals surface area contributed by atoms with Crippen LogP contribution in [0.25, 0.3) is 0 Å². The van der Waals surface area contributed by atoms with Gasteiger partial charge >= 0.3 is 0 Å². The number of nitrogens with zero attached hydrogens (tertiary/aromatic N) is 4. The number of aromatic nitrogens is 1. The fourth-order valence-corrected chi connectivity index (χ4v) is 5.51. The van der Waals surface area contributed by atoms with E-state index < -0.39 is 17.6 Å². The quantitative estimate of drug-likeness (QED) is 0.475. The molecule has 1 aromatic heterocycles. The summed E-state index contributed by atoms with van der Waals surface area (Å²) in [5.41, 5.74) is 2.70. The van der Waals surface area contributed by atoms with E-state index in [0.717, 1.165) is 51.4 Å². The number of anilines is 2. The zero-order valence-corrected chi connectivity index (χ0v) is 22.3. The molecule has 206 valence electrons. The van der Waals surface area contributed by atoms with Gasteiger partial charge in [0.2, 0.25) is 0 Å². The smallest absolute Gasteiger partial charge is 0.275 e. The maximum absolute atomic E-state index is 15.1. The molecule has 6 nitrogen and oxygen atoms in total. The van der Waals surface area contributed by atoms with E-state index in [1.807, 2.05) is 13.1 Å². The minimum atomic E-state index is -2.98. The highest BCUT2D eigenvalue weighted by atomic mass is 19.3. The summed E-state index contributed by atoms with van der Waals surface area (Å²) in [7, 11) is 2.03. The van der Waals surface area contributed by atoms with Gasteiger partial charge < -0.3 is 15.1 Å². The molecule has 6 rings (SSSR count). The Labute approximate surface area is 231 Å². The van der Waals surface area contributed by atoms with Crippen molar-refractivity contribution >= 4 is 17.3 Å². The van der Waals surface area contributed by atoms with Gasteiger partial charge in [0.05, 0.1) is 17.4 Å². The molecule has 3 heterocycles. The molecule has 2 saturated heterocycles. The number of fused-ring (bicyclic) bond motifs is 1. The standard InChI is InChI=1S/C31H30F3N5O/c1-37-11-13-39(14-12-37)29-18-31(33,34)27-17-24(6-7-26(27)29)36-30(40)23-5-8-28(32)22(16-23)4-3-21-15-25(20-35-19-21)38-9-2-10-38/h5-8,15-17,19-20,29H,2,9-14,18H2,1H3,(H,36,40)/t29-/m0/s1. The highest BCUT2D eigenvalue weighted by Crippen LogP contribution is 2.50. The lowest BCUT2D eigenvalue weighted by Crippen LogP contribution is -2.45. The van der Waals surface area contributed by atoms with Crippen LogP contribution in [0.4, 0.5) is 24.5 Å². The Morgan fingerprint density at radius 3 is 2.55 bits per heavy atom. The highest BCUT2D eigenvalue weighted by molar-refractivity contribution is 6.04. The van der Waals surface area contributed by atoms with Gasteiger partial charge in [-0.2, -0.15) is 0 Å². The number of hydrogen-bond donors (Lipinski definition) is 1. The number of halogens is 3. The normalized spacial score (nSPS) is 20.3. The lowest BCUT2D eigenvalue weighted by atomic mass is 10.0. The number of pyridine rings is 1. The van der Waals surface area contributed by atoms with E-state index in [9.17, 15) is 9.18 Å². The van der Waals surface area contributed by atoms with Crippen LogP contribution in [-0.2, 0) is 5.92 Å². The van der Waals surface area contributed by atoms with E-state index in [0.29, 0.717) is 11.1 Å². The zero-order valence-electron chi connectivity index (χ0n) is 22.3. The average Bonchev–Trinajstić information content (AvgIpc) is 3.18. The highest BCUT2D eigenvalue weighted by Gasteiger charge is 2.47. The molecule has 1 aliphatic carbocycles. The van der Waals surface area contributed by atoms with Crippen molar-refractivity contribution < 1.29 is 18.0 Å². The second-order valence-electron chi connectivity index (χ2n) is 10.7. The van der Waals surface area contributed by atoms with Gasteiger partial charge in [-0.05, 0) is 55.4 Å². The van der Waals surface area contributed by atoms with Crippen LogP contribution in [0.15, 0.2) is 54.9 Å². The Morgan fingerprint density at radius 2 is 1.80 bits per heavy atom. The van der Waals surface area contributed by atoms with E-state index in [-0.39, 0.29) is 34.8 Å². The van der Waals surface area contributed by atoms with E-state index in [2.05, 4.69) is 36.8 Å². The van der Waals surface area contributed by atoms with Gasteiger partial charge in [0, 0.05) is 80.3 Å². The van der Waals surface area contributed by atoms with Gasteiger partial charge in [-0.25, -0.2) is 13.2 Å². The number of carbonyl (C=O) groups excluding carboxylic acids is 1. The predicted molar refractivity (Wildman–Crippen MR) is 148 cm³/mol. The van der Waals surface area contributed by atoms with Crippen molar-refractivity contribution in [2.45, 2.75) is 24.8 Å². The number of carbonyl (C=O) groups is 1. The Balaban J connectivity index is 1.19. The molecular weight excluding hydrogens is 515 g/mol. The van der Waals surface area contributed by atoms with Gasteiger partial charge in [0.1, 0.15) is 5.82 Å². The fraction of sp³-hybridized carbons (Fsp3) is 0.355. The molecule has 1 amide bonds. The first-order valence-corrected chi connectivity index (χ1v) is 13.5. The van der Waals surface area contributed by atoms with Crippen LogP contribution in [-0.4, -0.2) is 67.0 Å². The van der Waals surface area contributed by atoms with E-state index in [4.69, 9.17) is 0 Å². The third-order valence-corrected chi connectivity index (χ3v) is 8.01. The zero-order chi connectivity index (χ0) is 27.9. The number of rotatable bonds is 4. The topological polar surface area (TPSA) is 51.7 Å². The van der Waals surface area contributed by atoms with Crippen molar-refractivity contribution in [2.75, 3.05) is 56.5 Å². The van der Waals surface area contributed by atoms with Crippen molar-refractivity contribution in [3.05, 3.63) is 88.5 Å². The molecule has 1 N–H and O–H groups in total. The molecule has 9 heteroatoms. The second kappa shape index (κ2) is 10.6. The van der Waals surface area contributed by atoms with Crippen LogP contribution in [0.2, 0.25) is 0 Å². The Bertz CT molecular complexity index is 1500. The van der Waals surface area contributed by atoms with Crippen molar-refractivity contribution in [3.63, 3.8) is 0 Å². The first kappa shape index (κ1) is 26.4. The van der Waals surface area contributed by atoms with E-state index in [1.165, 1.54) is 24.3 Å². The predicted octanol–water partition coefficient (Wildman–Crippen LogP) is 4.87. The number of alkyl halides is 2. The molecule has 2 fully saturated rings. The van der Waals surface area contributed by atoms with Crippen LogP contribution < -0.4 is 10.2 Å². The molecule has 3 aliphatic rings. The molecule has 3 aromatic rings. The summed E-state index contributed by atoms with van der Waals surface area (Å²) in [6.07, 6.45) is 4.26. The largest absolute Gasteiger partial charge is 0.370 e. The summed E-state index contributed by atoms with van der Waals surface area (Å²) >= 11 is 0. The van der Waals surface area contributed by atoms with E-state index >= 15 is 8.78 Å². The van der Waals surface area contributed by atoms with Crippen LogP contribution >= 0.6 is 0 Å². The fourth-order valence-electron chi connectivity index (χ4n) is 5.51. The summed E-state index contributed by atoms with van der Waals surface area (Å²) in [5.74, 6) is 1.67. The monoisotopic (exact) mass is 545 g/mol. The molecule has 1 atom stereocenters. The van der Waals surface area contributed by atoms with Crippen molar-refractivity contribution in [1.29, 1.82) is 0 Å². The number of hydrogen-bond acceptors (Lipinski definition) is 5. The van der Waals surface area contributed by atoms with E-state index in [1.54, 1.807) is 24.5 Å². The number of piperazine rings is 1. The Morgan fingerprint density at radius 1 is 1.00 bits per heavy atom. The first-order valence-electron chi connectivity index (χ1n) is 13.5. The van der Waals surface area contributed by atoms with Crippen LogP contribution in [0.1, 0.15) is 51.5 Å². The van der Waals surface area contributed by atoms with Crippen molar-refractivity contribution in [3.8, 4) is 11.8 Å². The van der Waals surface area contributed by atoms with Gasteiger partial charge in [-0.1, -0.05) is 17.9 Å². The summed E-state index contributed by atoms with van der Waals surface area (Å²) < 4.78 is 44.7. The van der Waals surface area contributed by atoms with Crippen LogP contribution in [0, 0.1) is 17.7 Å². The van der Waals surface area contributed by atoms with Gasteiger partial charge in [0.25, 0.3) is 11.8 Å². The summed E-state index contributed by atoms with van der Waals surface area (Å²) in [6.45, 7) is 5.12. The van der Waals surface area contributed by atoms with Gasteiger partial charge in [-0.15, -0.1) is 0 Å². The molecule has 40 heavy (non-hydrogen) atoms. The maximum atomic E-state index is 15.1. The molecule has 0 bridgehead atoms. The summed E-state index contributed by atoms with van der Waals surface area (Å²) in [6, 6.07) is 10.2. The molecule has 2 aliphatic heterocycles. The molecule has 0 radical (unpaired) electrons. The number of benzene rings is 2. The molecular formula is C31H30F3N5O. The molecule has 2 aromatic carbocycles. The van der Waals surface area contributed by atoms with Crippen LogP contribution in [0.3, 0.4) is 0 Å². The molecule has 0 unspecified atom stereocenters. The average molecular weight is 546 g/mol. The molecule has 0 spiro atoms.